The van der Waals surface area contributed by atoms with Gasteiger partial charge in [-0.3, -0.25) is 0 Å². The van der Waals surface area contributed by atoms with E-state index < -0.39 is 0 Å². The van der Waals surface area contributed by atoms with Gasteiger partial charge in [0.25, 0.3) is 0 Å². The van der Waals surface area contributed by atoms with Crippen LogP contribution in [0.2, 0.25) is 0 Å². The Balaban J connectivity index is 1.80. The van der Waals surface area contributed by atoms with E-state index in [-0.39, 0.29) is 12.1 Å². The van der Waals surface area contributed by atoms with Gasteiger partial charge in [-0.15, -0.1) is 0 Å². The molecule has 0 aliphatic heterocycles. The van der Waals surface area contributed by atoms with Crippen molar-refractivity contribution in [1.82, 2.24) is 5.32 Å². The van der Waals surface area contributed by atoms with E-state index in [0.717, 1.165) is 35.3 Å². The lowest BCUT2D eigenvalue weighted by Gasteiger charge is -2.34. The zero-order chi connectivity index (χ0) is 13.4. The molecule has 1 heterocycles. The fourth-order valence-electron chi connectivity index (χ4n) is 2.59. The number of nitrogens with one attached hydrogen (secondary N) is 1. The number of fused-ring (bicyclic) bond motifs is 1. The SMILES string of the molecule is COc1cccc2cc(C(C)NC3CC(O)C3)oc12. The Morgan fingerprint density at radius 1 is 1.42 bits per heavy atom. The van der Waals surface area contributed by atoms with E-state index in [1.165, 1.54) is 0 Å². The van der Waals surface area contributed by atoms with Gasteiger partial charge in [-0.2, -0.15) is 0 Å². The summed E-state index contributed by atoms with van der Waals surface area (Å²) in [5.41, 5.74) is 0.794. The zero-order valence-corrected chi connectivity index (χ0v) is 11.2. The largest absolute Gasteiger partial charge is 0.493 e. The highest BCUT2D eigenvalue weighted by atomic mass is 16.5. The molecule has 0 radical (unpaired) electrons. The number of aliphatic hydroxyl groups is 1. The van der Waals surface area contributed by atoms with Crippen LogP contribution in [0.4, 0.5) is 0 Å². The van der Waals surface area contributed by atoms with Crippen LogP contribution < -0.4 is 10.1 Å². The van der Waals surface area contributed by atoms with Crippen molar-refractivity contribution >= 4 is 11.0 Å². The summed E-state index contributed by atoms with van der Waals surface area (Å²) < 4.78 is 11.2. The van der Waals surface area contributed by atoms with Crippen LogP contribution in [-0.2, 0) is 0 Å². The number of benzene rings is 1. The molecule has 4 nitrogen and oxygen atoms in total. The number of methoxy groups -OCH3 is 1. The number of hydrogen-bond acceptors (Lipinski definition) is 4. The zero-order valence-electron chi connectivity index (χ0n) is 11.2. The van der Waals surface area contributed by atoms with Crippen molar-refractivity contribution in [3.63, 3.8) is 0 Å². The average Bonchev–Trinajstić information content (AvgIpc) is 2.80. The van der Waals surface area contributed by atoms with E-state index in [9.17, 15) is 5.11 Å². The number of para-hydroxylation sites is 1. The van der Waals surface area contributed by atoms with Gasteiger partial charge in [0, 0.05) is 11.4 Å². The van der Waals surface area contributed by atoms with E-state index in [1.807, 2.05) is 24.3 Å². The molecule has 2 N–H and O–H groups in total. The minimum absolute atomic E-state index is 0.134. The molecule has 1 unspecified atom stereocenters. The first-order valence-corrected chi connectivity index (χ1v) is 6.68. The summed E-state index contributed by atoms with van der Waals surface area (Å²) in [5.74, 6) is 1.66. The van der Waals surface area contributed by atoms with Crippen LogP contribution in [-0.4, -0.2) is 24.4 Å². The third kappa shape index (κ3) is 2.33. The first-order chi connectivity index (χ1) is 9.17. The molecule has 1 saturated carbocycles. The third-order valence-corrected chi connectivity index (χ3v) is 3.77. The Kier molecular flexibility index (Phi) is 3.21. The van der Waals surface area contributed by atoms with E-state index in [4.69, 9.17) is 9.15 Å². The van der Waals surface area contributed by atoms with Gasteiger partial charge in [-0.05, 0) is 31.9 Å². The van der Waals surface area contributed by atoms with Crippen LogP contribution >= 0.6 is 0 Å². The Bertz CT molecular complexity index is 572. The van der Waals surface area contributed by atoms with E-state index in [2.05, 4.69) is 12.2 Å². The predicted octanol–water partition coefficient (Wildman–Crippen LogP) is 2.62. The standard InChI is InChI=1S/C15H19NO3/c1-9(16-11-7-12(17)8-11)14-6-10-4-3-5-13(18-2)15(10)19-14/h3-6,9,11-12,16-17H,7-8H2,1-2H3. The normalized spacial score (nSPS) is 24.2. The Hall–Kier alpha value is -1.52. The predicted molar refractivity (Wildman–Crippen MR) is 73.3 cm³/mol. The summed E-state index contributed by atoms with van der Waals surface area (Å²) in [5, 5.41) is 13.8. The number of ether oxygens (including phenoxy) is 1. The summed E-state index contributed by atoms with van der Waals surface area (Å²) >= 11 is 0. The molecule has 1 fully saturated rings. The van der Waals surface area contributed by atoms with Gasteiger partial charge >= 0.3 is 0 Å². The fraction of sp³-hybridized carbons (Fsp3) is 0.467. The Morgan fingerprint density at radius 2 is 2.21 bits per heavy atom. The van der Waals surface area contributed by atoms with Crippen molar-refractivity contribution in [1.29, 1.82) is 0 Å². The second-order valence-electron chi connectivity index (χ2n) is 5.24. The molecule has 3 rings (SSSR count). The van der Waals surface area contributed by atoms with Gasteiger partial charge < -0.3 is 19.6 Å². The molecule has 0 amide bonds. The lowest BCUT2D eigenvalue weighted by atomic mass is 9.89. The molecule has 2 aromatic rings. The molecule has 0 spiro atoms. The smallest absolute Gasteiger partial charge is 0.176 e. The molecular formula is C15H19NO3. The first kappa shape index (κ1) is 12.5. The second-order valence-corrected chi connectivity index (χ2v) is 5.24. The van der Waals surface area contributed by atoms with Crippen LogP contribution in [0.1, 0.15) is 31.6 Å². The molecule has 102 valence electrons. The number of hydrogen-bond donors (Lipinski definition) is 2. The minimum atomic E-state index is -0.138. The Morgan fingerprint density at radius 3 is 2.89 bits per heavy atom. The van der Waals surface area contributed by atoms with Crippen LogP contribution in [0.15, 0.2) is 28.7 Å². The van der Waals surface area contributed by atoms with Crippen molar-refractivity contribution in [2.45, 2.75) is 38.0 Å². The molecule has 4 heteroatoms. The third-order valence-electron chi connectivity index (χ3n) is 3.77. The maximum atomic E-state index is 9.30. The first-order valence-electron chi connectivity index (χ1n) is 6.68. The van der Waals surface area contributed by atoms with Crippen LogP contribution in [0.5, 0.6) is 5.75 Å². The summed E-state index contributed by atoms with van der Waals surface area (Å²) in [6.07, 6.45) is 1.52. The van der Waals surface area contributed by atoms with E-state index in [0.29, 0.717) is 6.04 Å². The van der Waals surface area contributed by atoms with Crippen LogP contribution in [0.25, 0.3) is 11.0 Å². The lowest BCUT2D eigenvalue weighted by molar-refractivity contribution is 0.0575. The monoisotopic (exact) mass is 261 g/mol. The average molecular weight is 261 g/mol. The highest BCUT2D eigenvalue weighted by molar-refractivity contribution is 5.83. The maximum absolute atomic E-state index is 9.30. The number of rotatable bonds is 4. The molecule has 1 aromatic heterocycles. The van der Waals surface area contributed by atoms with Crippen molar-refractivity contribution in [2.24, 2.45) is 0 Å². The molecule has 1 atom stereocenters. The topological polar surface area (TPSA) is 54.6 Å². The molecule has 19 heavy (non-hydrogen) atoms. The summed E-state index contributed by atoms with van der Waals surface area (Å²) in [6, 6.07) is 8.45. The van der Waals surface area contributed by atoms with Crippen molar-refractivity contribution < 1.29 is 14.3 Å². The van der Waals surface area contributed by atoms with Gasteiger partial charge in [-0.25, -0.2) is 0 Å². The van der Waals surface area contributed by atoms with Crippen molar-refractivity contribution in [3.8, 4) is 5.75 Å². The van der Waals surface area contributed by atoms with Crippen LogP contribution in [0, 0.1) is 0 Å². The second kappa shape index (κ2) is 4.87. The fourth-order valence-corrected chi connectivity index (χ4v) is 2.59. The quantitative estimate of drug-likeness (QED) is 0.888. The molecular weight excluding hydrogens is 242 g/mol. The van der Waals surface area contributed by atoms with Gasteiger partial charge in [-0.1, -0.05) is 12.1 Å². The lowest BCUT2D eigenvalue weighted by Crippen LogP contribution is -2.44. The van der Waals surface area contributed by atoms with Gasteiger partial charge in [0.15, 0.2) is 11.3 Å². The van der Waals surface area contributed by atoms with Gasteiger partial charge in [0.1, 0.15) is 5.76 Å². The molecule has 0 bridgehead atoms. The highest BCUT2D eigenvalue weighted by Gasteiger charge is 2.29. The van der Waals surface area contributed by atoms with E-state index in [1.54, 1.807) is 7.11 Å². The summed E-state index contributed by atoms with van der Waals surface area (Å²) in [7, 11) is 1.65. The van der Waals surface area contributed by atoms with Gasteiger partial charge in [0.05, 0.1) is 19.3 Å². The maximum Gasteiger partial charge on any atom is 0.176 e. The summed E-state index contributed by atoms with van der Waals surface area (Å²) in [6.45, 7) is 2.08. The van der Waals surface area contributed by atoms with Gasteiger partial charge in [0.2, 0.25) is 0 Å². The number of aliphatic hydroxyl groups excluding tert-OH is 1. The minimum Gasteiger partial charge on any atom is -0.493 e. The van der Waals surface area contributed by atoms with Crippen molar-refractivity contribution in [3.05, 3.63) is 30.0 Å². The molecule has 0 saturated heterocycles. The summed E-state index contributed by atoms with van der Waals surface area (Å²) in [4.78, 5) is 0. The van der Waals surface area contributed by atoms with Crippen molar-refractivity contribution in [2.75, 3.05) is 7.11 Å². The molecule has 1 aliphatic rings. The highest BCUT2D eigenvalue weighted by Crippen LogP contribution is 2.32. The molecule has 1 aromatic carbocycles. The van der Waals surface area contributed by atoms with E-state index >= 15 is 0 Å². The number of furan rings is 1. The molecule has 1 aliphatic carbocycles. The Labute approximate surface area is 112 Å². The van der Waals surface area contributed by atoms with Crippen LogP contribution in [0.3, 0.4) is 0 Å².